The van der Waals surface area contributed by atoms with Gasteiger partial charge in [-0.3, -0.25) is 4.79 Å². The van der Waals surface area contributed by atoms with Crippen LogP contribution in [0.1, 0.15) is 45.0 Å². The Morgan fingerprint density at radius 2 is 1.86 bits per heavy atom. The van der Waals surface area contributed by atoms with Gasteiger partial charge in [0.1, 0.15) is 5.82 Å². The highest BCUT2D eigenvalue weighted by atomic mass is 16.1. The molecule has 4 rings (SSSR count). The number of carbonyl (C=O) groups excluding carboxylic acids is 1. The van der Waals surface area contributed by atoms with Crippen LogP contribution >= 0.6 is 0 Å². The maximum atomic E-state index is 12.9. The number of amides is 1. The molecule has 3 heterocycles. The van der Waals surface area contributed by atoms with Gasteiger partial charge in [0.2, 0.25) is 5.91 Å². The summed E-state index contributed by atoms with van der Waals surface area (Å²) in [6, 6.07) is 12.0. The summed E-state index contributed by atoms with van der Waals surface area (Å²) in [6.45, 7) is 9.99. The van der Waals surface area contributed by atoms with Crippen molar-refractivity contribution in [1.82, 2.24) is 19.8 Å². The maximum absolute atomic E-state index is 12.9. The number of anilines is 2. The highest BCUT2D eigenvalue weighted by molar-refractivity contribution is 5.93. The number of hydrogen-bond acceptors (Lipinski definition) is 5. The predicted molar refractivity (Wildman–Crippen MR) is 114 cm³/mol. The fourth-order valence-corrected chi connectivity index (χ4v) is 3.75. The van der Waals surface area contributed by atoms with Crippen molar-refractivity contribution in [1.29, 1.82) is 0 Å². The molecule has 29 heavy (non-hydrogen) atoms. The zero-order chi connectivity index (χ0) is 20.6. The van der Waals surface area contributed by atoms with E-state index in [4.69, 9.17) is 0 Å². The fourth-order valence-electron chi connectivity index (χ4n) is 3.75. The second kappa shape index (κ2) is 7.46. The van der Waals surface area contributed by atoms with Gasteiger partial charge in [0, 0.05) is 18.8 Å². The smallest absolute Gasteiger partial charge is 0.229 e. The standard InChI is InChI=1S/C22H28N6O/c1-15-24-25-19-11-12-20(26-28(15)19)27-13-5-6-16(14-27)21(29)23-18-9-7-17(8-10-18)22(2,3)4/h7-12,16H,5-6,13-14H2,1-4H3,(H,23,29)/t16-/m1/s1. The molecule has 1 N–H and O–H groups in total. The molecular weight excluding hydrogens is 364 g/mol. The number of nitrogens with zero attached hydrogens (tertiary/aromatic N) is 5. The molecular formula is C22H28N6O. The van der Waals surface area contributed by atoms with Crippen molar-refractivity contribution in [2.24, 2.45) is 5.92 Å². The number of aromatic nitrogens is 4. The normalized spacial score (nSPS) is 17.5. The minimum Gasteiger partial charge on any atom is -0.354 e. The molecule has 1 fully saturated rings. The quantitative estimate of drug-likeness (QED) is 0.737. The number of rotatable bonds is 3. The van der Waals surface area contributed by atoms with Crippen LogP contribution in [0.5, 0.6) is 0 Å². The Hall–Kier alpha value is -2.96. The third-order valence-corrected chi connectivity index (χ3v) is 5.54. The Bertz CT molecular complexity index is 1020. The average Bonchev–Trinajstić information content (AvgIpc) is 3.08. The van der Waals surface area contributed by atoms with Crippen molar-refractivity contribution in [3.8, 4) is 0 Å². The van der Waals surface area contributed by atoms with Crippen molar-refractivity contribution < 1.29 is 4.79 Å². The monoisotopic (exact) mass is 392 g/mol. The summed E-state index contributed by atoms with van der Waals surface area (Å²) in [4.78, 5) is 15.0. The number of aryl methyl sites for hydroxylation is 1. The number of nitrogens with one attached hydrogen (secondary N) is 1. The first-order chi connectivity index (χ1) is 13.8. The Labute approximate surface area is 171 Å². The zero-order valence-electron chi connectivity index (χ0n) is 17.5. The average molecular weight is 393 g/mol. The van der Waals surface area contributed by atoms with E-state index in [1.807, 2.05) is 31.2 Å². The predicted octanol–water partition coefficient (Wildman–Crippen LogP) is 3.59. The van der Waals surface area contributed by atoms with Crippen molar-refractivity contribution in [3.05, 3.63) is 47.8 Å². The molecule has 1 aromatic carbocycles. The lowest BCUT2D eigenvalue weighted by Gasteiger charge is -2.32. The summed E-state index contributed by atoms with van der Waals surface area (Å²) in [5, 5.41) is 15.9. The number of hydrogen-bond donors (Lipinski definition) is 1. The van der Waals surface area contributed by atoms with Gasteiger partial charge >= 0.3 is 0 Å². The SMILES string of the molecule is Cc1nnc2ccc(N3CCC[C@@H](C(=O)Nc4ccc(C(C)(C)C)cc4)C3)nn12. The van der Waals surface area contributed by atoms with Gasteiger partial charge in [0.15, 0.2) is 11.5 Å². The van der Waals surface area contributed by atoms with Gasteiger partial charge in [0.25, 0.3) is 0 Å². The molecule has 1 saturated heterocycles. The van der Waals surface area contributed by atoms with E-state index in [9.17, 15) is 4.79 Å². The molecule has 2 aromatic heterocycles. The van der Waals surface area contributed by atoms with Crippen LogP contribution < -0.4 is 10.2 Å². The van der Waals surface area contributed by atoms with Gasteiger partial charge in [0.05, 0.1) is 5.92 Å². The van der Waals surface area contributed by atoms with E-state index in [-0.39, 0.29) is 17.2 Å². The molecule has 0 unspecified atom stereocenters. The lowest BCUT2D eigenvalue weighted by Crippen LogP contribution is -2.41. The Morgan fingerprint density at radius 3 is 2.59 bits per heavy atom. The van der Waals surface area contributed by atoms with E-state index in [0.29, 0.717) is 6.54 Å². The van der Waals surface area contributed by atoms with E-state index >= 15 is 0 Å². The Kier molecular flexibility index (Phi) is 4.98. The van der Waals surface area contributed by atoms with Crippen LogP contribution in [-0.2, 0) is 10.2 Å². The molecule has 0 aliphatic carbocycles. The number of fused-ring (bicyclic) bond motifs is 1. The molecule has 1 amide bonds. The van der Waals surface area contributed by atoms with Gasteiger partial charge in [-0.05, 0) is 55.0 Å². The molecule has 152 valence electrons. The number of carbonyl (C=O) groups is 1. The third-order valence-electron chi connectivity index (χ3n) is 5.54. The second-order valence-corrected chi connectivity index (χ2v) is 8.81. The first-order valence-corrected chi connectivity index (χ1v) is 10.2. The van der Waals surface area contributed by atoms with E-state index in [0.717, 1.165) is 42.4 Å². The highest BCUT2D eigenvalue weighted by Gasteiger charge is 2.27. The van der Waals surface area contributed by atoms with Crippen LogP contribution in [0.15, 0.2) is 36.4 Å². The summed E-state index contributed by atoms with van der Waals surface area (Å²) in [6.07, 6.45) is 1.85. The molecule has 0 spiro atoms. The molecule has 0 radical (unpaired) electrons. The maximum Gasteiger partial charge on any atom is 0.229 e. The number of benzene rings is 1. The lowest BCUT2D eigenvalue weighted by atomic mass is 9.87. The molecule has 7 nitrogen and oxygen atoms in total. The molecule has 0 bridgehead atoms. The largest absolute Gasteiger partial charge is 0.354 e. The van der Waals surface area contributed by atoms with Crippen molar-refractivity contribution in [3.63, 3.8) is 0 Å². The molecule has 1 aliphatic rings. The van der Waals surface area contributed by atoms with E-state index in [1.165, 1.54) is 5.56 Å². The van der Waals surface area contributed by atoms with Gasteiger partial charge in [-0.2, -0.15) is 4.52 Å². The molecule has 0 saturated carbocycles. The van der Waals surface area contributed by atoms with Crippen LogP contribution in [0.3, 0.4) is 0 Å². The summed E-state index contributed by atoms with van der Waals surface area (Å²) in [5.74, 6) is 1.62. The van der Waals surface area contributed by atoms with Crippen LogP contribution in [0, 0.1) is 12.8 Å². The second-order valence-electron chi connectivity index (χ2n) is 8.81. The minimum absolute atomic E-state index is 0.0643. The summed E-state index contributed by atoms with van der Waals surface area (Å²) in [7, 11) is 0. The number of piperidine rings is 1. The molecule has 1 atom stereocenters. The first kappa shape index (κ1) is 19.4. The van der Waals surface area contributed by atoms with E-state index < -0.39 is 0 Å². The molecule has 1 aliphatic heterocycles. The topological polar surface area (TPSA) is 75.4 Å². The third kappa shape index (κ3) is 4.09. The Balaban J connectivity index is 1.44. The lowest BCUT2D eigenvalue weighted by molar-refractivity contribution is -0.120. The van der Waals surface area contributed by atoms with Crippen LogP contribution in [0.4, 0.5) is 11.5 Å². The van der Waals surface area contributed by atoms with Crippen molar-refractivity contribution in [2.75, 3.05) is 23.3 Å². The summed E-state index contributed by atoms with van der Waals surface area (Å²) >= 11 is 0. The van der Waals surface area contributed by atoms with Gasteiger partial charge in [-0.25, -0.2) is 0 Å². The van der Waals surface area contributed by atoms with Gasteiger partial charge in [-0.1, -0.05) is 32.9 Å². The molecule has 7 heteroatoms. The first-order valence-electron chi connectivity index (χ1n) is 10.2. The van der Waals surface area contributed by atoms with Crippen LogP contribution in [-0.4, -0.2) is 38.8 Å². The highest BCUT2D eigenvalue weighted by Crippen LogP contribution is 2.25. The fraction of sp³-hybridized carbons (Fsp3) is 0.455. The molecule has 3 aromatic rings. The van der Waals surface area contributed by atoms with E-state index in [1.54, 1.807) is 4.52 Å². The Morgan fingerprint density at radius 1 is 1.10 bits per heavy atom. The van der Waals surface area contributed by atoms with Crippen LogP contribution in [0.2, 0.25) is 0 Å². The van der Waals surface area contributed by atoms with Gasteiger partial charge < -0.3 is 10.2 Å². The summed E-state index contributed by atoms with van der Waals surface area (Å²) < 4.78 is 1.75. The van der Waals surface area contributed by atoms with E-state index in [2.05, 4.69) is 58.4 Å². The van der Waals surface area contributed by atoms with Gasteiger partial charge in [-0.15, -0.1) is 15.3 Å². The van der Waals surface area contributed by atoms with Crippen LogP contribution in [0.25, 0.3) is 5.65 Å². The minimum atomic E-state index is -0.0643. The summed E-state index contributed by atoms with van der Waals surface area (Å²) in [5.41, 5.74) is 2.94. The van der Waals surface area contributed by atoms with Crippen molar-refractivity contribution >= 4 is 23.1 Å². The zero-order valence-corrected chi connectivity index (χ0v) is 17.5. The van der Waals surface area contributed by atoms with Crippen molar-refractivity contribution in [2.45, 2.75) is 46.0 Å².